The highest BCUT2D eigenvalue weighted by molar-refractivity contribution is 7.99. The highest BCUT2D eigenvalue weighted by atomic mass is 32.2. The molecule has 4 rings (SSSR count). The average Bonchev–Trinajstić information content (AvgIpc) is 3.23. The Balaban J connectivity index is 1.27. The number of piperidine rings is 1. The maximum absolute atomic E-state index is 12.6. The molecule has 138 valence electrons. The normalized spacial score (nSPS) is 19.4. The van der Waals surface area contributed by atoms with Crippen LogP contribution >= 0.6 is 11.8 Å². The molecular weight excluding hydrogens is 350 g/mol. The first-order valence-electron chi connectivity index (χ1n) is 9.09. The summed E-state index contributed by atoms with van der Waals surface area (Å²) in [5, 5.41) is 7.07. The molecule has 2 aromatic rings. The summed E-state index contributed by atoms with van der Waals surface area (Å²) in [4.78, 5) is 15.7. The Morgan fingerprint density at radius 1 is 1.27 bits per heavy atom. The van der Waals surface area contributed by atoms with Gasteiger partial charge in [-0.25, -0.2) is 0 Å². The predicted molar refractivity (Wildman–Crippen MR) is 99.9 cm³/mol. The number of H-pyrrole nitrogens is 1. The summed E-state index contributed by atoms with van der Waals surface area (Å²) in [7, 11) is 0. The number of benzene rings is 1. The lowest BCUT2D eigenvalue weighted by atomic mass is 9.95. The van der Waals surface area contributed by atoms with Crippen LogP contribution in [-0.4, -0.2) is 53.1 Å². The summed E-state index contributed by atoms with van der Waals surface area (Å²) in [5.74, 6) is 2.98. The van der Waals surface area contributed by atoms with Gasteiger partial charge in [-0.15, -0.1) is 11.8 Å². The first kappa shape index (κ1) is 17.3. The molecule has 0 bridgehead atoms. The Labute approximate surface area is 157 Å². The summed E-state index contributed by atoms with van der Waals surface area (Å²) in [6.07, 6.45) is 4.48. The lowest BCUT2D eigenvalue weighted by Crippen LogP contribution is -2.39. The molecule has 1 saturated heterocycles. The summed E-state index contributed by atoms with van der Waals surface area (Å²) in [5.41, 5.74) is 1.13. The monoisotopic (exact) mass is 373 g/mol. The van der Waals surface area contributed by atoms with Crippen molar-refractivity contribution in [3.05, 3.63) is 36.2 Å². The van der Waals surface area contributed by atoms with Crippen LogP contribution in [0.4, 0.5) is 0 Å². The molecular formula is C19H23N3O3S. The number of likely N-dealkylation sites (tertiary alicyclic amines) is 1. The lowest BCUT2D eigenvalue weighted by molar-refractivity contribution is -0.131. The molecule has 1 aromatic heterocycles. The maximum atomic E-state index is 12.6. The molecule has 6 nitrogen and oxygen atoms in total. The van der Waals surface area contributed by atoms with E-state index in [1.807, 2.05) is 29.2 Å². The zero-order valence-electron chi connectivity index (χ0n) is 14.6. The van der Waals surface area contributed by atoms with Gasteiger partial charge in [0.2, 0.25) is 5.91 Å². The fraction of sp³-hybridized carbons (Fsp3) is 0.474. The predicted octanol–water partition coefficient (Wildman–Crippen LogP) is 3.07. The van der Waals surface area contributed by atoms with Gasteiger partial charge < -0.3 is 14.4 Å². The van der Waals surface area contributed by atoms with E-state index in [0.717, 1.165) is 53.8 Å². The van der Waals surface area contributed by atoms with Gasteiger partial charge >= 0.3 is 0 Å². The van der Waals surface area contributed by atoms with Crippen molar-refractivity contribution < 1.29 is 14.3 Å². The molecule has 2 aliphatic heterocycles. The Bertz CT molecular complexity index is 750. The standard InChI is InChI=1S/C19H23N3O3S/c23-19(22-8-1-2-14(13-22)16-5-7-20-21-16)6-11-26-15-3-4-17-18(12-15)25-10-9-24-17/h3-5,7,12,14H,1-2,6,8-11,13H2,(H,20,21). The van der Waals surface area contributed by atoms with E-state index in [-0.39, 0.29) is 5.91 Å². The van der Waals surface area contributed by atoms with Crippen molar-refractivity contribution in [1.29, 1.82) is 0 Å². The van der Waals surface area contributed by atoms with E-state index in [1.54, 1.807) is 18.0 Å². The number of nitrogens with one attached hydrogen (secondary N) is 1. The molecule has 3 heterocycles. The smallest absolute Gasteiger partial charge is 0.223 e. The van der Waals surface area contributed by atoms with Gasteiger partial charge in [-0.2, -0.15) is 5.10 Å². The molecule has 26 heavy (non-hydrogen) atoms. The lowest BCUT2D eigenvalue weighted by Gasteiger charge is -2.32. The molecule has 1 unspecified atom stereocenters. The average molecular weight is 373 g/mol. The van der Waals surface area contributed by atoms with Crippen LogP contribution < -0.4 is 9.47 Å². The Morgan fingerprint density at radius 3 is 3.00 bits per heavy atom. The van der Waals surface area contributed by atoms with Crippen LogP contribution in [0.15, 0.2) is 35.4 Å². The van der Waals surface area contributed by atoms with Crippen LogP contribution in [0, 0.1) is 0 Å². The molecule has 0 aliphatic carbocycles. The molecule has 1 fully saturated rings. The fourth-order valence-electron chi connectivity index (χ4n) is 3.48. The van der Waals surface area contributed by atoms with Gasteiger partial charge in [0.25, 0.3) is 0 Å². The molecule has 1 N–H and O–H groups in total. The number of carbonyl (C=O) groups excluding carboxylic acids is 1. The Hall–Kier alpha value is -2.15. The van der Waals surface area contributed by atoms with Crippen LogP contribution in [0.5, 0.6) is 11.5 Å². The number of hydrogen-bond acceptors (Lipinski definition) is 5. The van der Waals surface area contributed by atoms with E-state index in [9.17, 15) is 4.79 Å². The number of ether oxygens (including phenoxy) is 2. The minimum Gasteiger partial charge on any atom is -0.486 e. The number of hydrogen-bond donors (Lipinski definition) is 1. The van der Waals surface area contributed by atoms with Crippen molar-refractivity contribution in [3.8, 4) is 11.5 Å². The van der Waals surface area contributed by atoms with Gasteiger partial charge in [0.15, 0.2) is 11.5 Å². The van der Waals surface area contributed by atoms with Crippen molar-refractivity contribution >= 4 is 17.7 Å². The molecule has 2 aliphatic rings. The Morgan fingerprint density at radius 2 is 2.15 bits per heavy atom. The molecule has 7 heteroatoms. The fourth-order valence-corrected chi connectivity index (χ4v) is 4.35. The summed E-state index contributed by atoms with van der Waals surface area (Å²) in [6.45, 7) is 2.84. The van der Waals surface area contributed by atoms with Crippen molar-refractivity contribution in [1.82, 2.24) is 15.1 Å². The van der Waals surface area contributed by atoms with Gasteiger partial charge in [-0.1, -0.05) is 0 Å². The van der Waals surface area contributed by atoms with E-state index in [2.05, 4.69) is 10.2 Å². The van der Waals surface area contributed by atoms with Gasteiger partial charge in [0, 0.05) is 48.0 Å². The third-order valence-corrected chi connectivity index (χ3v) is 5.83. The van der Waals surface area contributed by atoms with Crippen LogP contribution in [0.1, 0.15) is 30.9 Å². The highest BCUT2D eigenvalue weighted by Crippen LogP contribution is 2.34. The molecule has 1 aromatic carbocycles. The van der Waals surface area contributed by atoms with Gasteiger partial charge in [-0.3, -0.25) is 9.89 Å². The number of aromatic amines is 1. The van der Waals surface area contributed by atoms with Crippen LogP contribution in [-0.2, 0) is 4.79 Å². The van der Waals surface area contributed by atoms with Crippen molar-refractivity contribution in [2.45, 2.75) is 30.1 Å². The van der Waals surface area contributed by atoms with E-state index in [1.165, 1.54) is 0 Å². The number of rotatable bonds is 5. The SMILES string of the molecule is O=C(CCSc1ccc2c(c1)OCCO2)N1CCCC(c2ccn[nH]2)C1. The highest BCUT2D eigenvalue weighted by Gasteiger charge is 2.25. The number of thioether (sulfide) groups is 1. The summed E-state index contributed by atoms with van der Waals surface area (Å²) >= 11 is 1.68. The van der Waals surface area contributed by atoms with Crippen molar-refractivity contribution in [2.24, 2.45) is 0 Å². The van der Waals surface area contributed by atoms with E-state index < -0.39 is 0 Å². The van der Waals surface area contributed by atoms with Gasteiger partial charge in [0.1, 0.15) is 13.2 Å². The number of fused-ring (bicyclic) bond motifs is 1. The maximum Gasteiger partial charge on any atom is 0.223 e. The summed E-state index contributed by atoms with van der Waals surface area (Å²) in [6, 6.07) is 7.98. The van der Waals surface area contributed by atoms with Crippen LogP contribution in [0.25, 0.3) is 0 Å². The second kappa shape index (κ2) is 8.03. The number of nitrogens with zero attached hydrogens (tertiary/aromatic N) is 2. The summed E-state index contributed by atoms with van der Waals surface area (Å²) < 4.78 is 11.2. The zero-order chi connectivity index (χ0) is 17.8. The third-order valence-electron chi connectivity index (χ3n) is 4.83. The van der Waals surface area contributed by atoms with Crippen LogP contribution in [0.2, 0.25) is 0 Å². The molecule has 0 saturated carbocycles. The van der Waals surface area contributed by atoms with Crippen molar-refractivity contribution in [3.63, 3.8) is 0 Å². The third kappa shape index (κ3) is 3.98. The number of carbonyl (C=O) groups is 1. The minimum atomic E-state index is 0.235. The first-order chi connectivity index (χ1) is 12.8. The largest absolute Gasteiger partial charge is 0.486 e. The van der Waals surface area contributed by atoms with Crippen molar-refractivity contribution in [2.75, 3.05) is 32.1 Å². The van der Waals surface area contributed by atoms with Gasteiger partial charge in [-0.05, 0) is 37.1 Å². The topological polar surface area (TPSA) is 67.5 Å². The number of amides is 1. The number of aromatic nitrogens is 2. The molecule has 1 atom stereocenters. The first-order valence-corrected chi connectivity index (χ1v) is 10.1. The second-order valence-electron chi connectivity index (χ2n) is 6.59. The van der Waals surface area contributed by atoms with E-state index in [4.69, 9.17) is 9.47 Å². The van der Waals surface area contributed by atoms with Gasteiger partial charge in [0.05, 0.1) is 0 Å². The minimum absolute atomic E-state index is 0.235. The molecule has 0 radical (unpaired) electrons. The quantitative estimate of drug-likeness (QED) is 0.816. The van der Waals surface area contributed by atoms with E-state index >= 15 is 0 Å². The zero-order valence-corrected chi connectivity index (χ0v) is 15.5. The van der Waals surface area contributed by atoms with E-state index in [0.29, 0.717) is 25.6 Å². The molecule has 0 spiro atoms. The Kier molecular flexibility index (Phi) is 5.34. The second-order valence-corrected chi connectivity index (χ2v) is 7.76. The molecule has 1 amide bonds. The van der Waals surface area contributed by atoms with Crippen LogP contribution in [0.3, 0.4) is 0 Å².